The van der Waals surface area contributed by atoms with Crippen LogP contribution < -0.4 is 5.32 Å². The number of rotatable bonds is 3. The number of alkyl halides is 3. The van der Waals surface area contributed by atoms with Crippen LogP contribution >= 0.6 is 0 Å². The maximum Gasteiger partial charge on any atom is 0.401 e. The van der Waals surface area contributed by atoms with Crippen LogP contribution in [0.2, 0.25) is 0 Å². The van der Waals surface area contributed by atoms with Crippen molar-refractivity contribution in [1.82, 2.24) is 15.1 Å². The zero-order valence-corrected chi connectivity index (χ0v) is 13.3. The minimum absolute atomic E-state index is 0.192. The number of hydrogen-bond donors (Lipinski definition) is 1. The Hall–Kier alpha value is -2.27. The zero-order valence-electron chi connectivity index (χ0n) is 13.3. The van der Waals surface area contributed by atoms with E-state index >= 15 is 0 Å². The van der Waals surface area contributed by atoms with Gasteiger partial charge in [-0.15, -0.1) is 0 Å². The normalized spacial score (nSPS) is 19.0. The topological polar surface area (TPSA) is 59.4 Å². The van der Waals surface area contributed by atoms with Crippen molar-refractivity contribution in [3.05, 3.63) is 35.4 Å². The Balaban J connectivity index is 1.85. The number of amides is 2. The van der Waals surface area contributed by atoms with Crippen LogP contribution in [0.4, 0.5) is 18.0 Å². The summed E-state index contributed by atoms with van der Waals surface area (Å²) in [4.78, 5) is 15.0. The van der Waals surface area contributed by atoms with E-state index in [9.17, 15) is 18.0 Å². The highest BCUT2D eigenvalue weighted by Gasteiger charge is 2.35. The summed E-state index contributed by atoms with van der Waals surface area (Å²) in [6, 6.07) is 8.25. The lowest BCUT2D eigenvalue weighted by molar-refractivity contribution is -0.153. The second-order valence-electron chi connectivity index (χ2n) is 5.85. The first-order valence-corrected chi connectivity index (χ1v) is 7.61. The van der Waals surface area contributed by atoms with Gasteiger partial charge in [0.05, 0.1) is 18.2 Å². The lowest BCUT2D eigenvalue weighted by Crippen LogP contribution is -2.57. The second kappa shape index (κ2) is 7.53. The van der Waals surface area contributed by atoms with Gasteiger partial charge in [0.1, 0.15) is 0 Å². The predicted molar refractivity (Wildman–Crippen MR) is 82.1 cm³/mol. The third kappa shape index (κ3) is 5.13. The summed E-state index contributed by atoms with van der Waals surface area (Å²) in [6.07, 6.45) is -4.23. The van der Waals surface area contributed by atoms with Crippen LogP contribution in [0.15, 0.2) is 24.3 Å². The van der Waals surface area contributed by atoms with Crippen LogP contribution in [0, 0.1) is 11.3 Å². The number of halogens is 3. The van der Waals surface area contributed by atoms with Gasteiger partial charge in [0.15, 0.2) is 0 Å². The average molecular weight is 340 g/mol. The Morgan fingerprint density at radius 2 is 2.17 bits per heavy atom. The van der Waals surface area contributed by atoms with Gasteiger partial charge in [0.2, 0.25) is 0 Å². The molecule has 0 radical (unpaired) electrons. The number of benzene rings is 1. The maximum absolute atomic E-state index is 12.5. The standard InChI is InChI=1S/C16H19F3N4O/c1-12-10-22(5-6-23(12)11-16(17,18)19)15(24)21-9-14-4-2-3-13(7-14)8-20/h2-4,7,12H,5-6,9-11H2,1H3,(H,21,24)/t12-/m1/s1. The molecule has 5 nitrogen and oxygen atoms in total. The summed E-state index contributed by atoms with van der Waals surface area (Å²) >= 11 is 0. The number of piperazine rings is 1. The highest BCUT2D eigenvalue weighted by molar-refractivity contribution is 5.74. The molecule has 0 saturated carbocycles. The van der Waals surface area contributed by atoms with Crippen LogP contribution in [0.25, 0.3) is 0 Å². The quantitative estimate of drug-likeness (QED) is 0.919. The fourth-order valence-corrected chi connectivity index (χ4v) is 2.69. The van der Waals surface area contributed by atoms with Crippen molar-refractivity contribution < 1.29 is 18.0 Å². The van der Waals surface area contributed by atoms with Crippen LogP contribution in [0.3, 0.4) is 0 Å². The van der Waals surface area contributed by atoms with E-state index in [1.54, 1.807) is 31.2 Å². The molecule has 0 unspecified atom stereocenters. The highest BCUT2D eigenvalue weighted by atomic mass is 19.4. The summed E-state index contributed by atoms with van der Waals surface area (Å²) in [7, 11) is 0. The van der Waals surface area contributed by atoms with E-state index in [0.717, 1.165) is 5.56 Å². The third-order valence-electron chi connectivity index (χ3n) is 3.93. The van der Waals surface area contributed by atoms with Crippen LogP contribution in [0.1, 0.15) is 18.1 Å². The average Bonchev–Trinajstić information content (AvgIpc) is 2.53. The molecule has 0 spiro atoms. The van der Waals surface area contributed by atoms with E-state index in [2.05, 4.69) is 5.32 Å². The molecule has 8 heteroatoms. The monoisotopic (exact) mass is 340 g/mol. The Labute approximate surface area is 138 Å². The fraction of sp³-hybridized carbons (Fsp3) is 0.500. The molecule has 1 aliphatic heterocycles. The first kappa shape index (κ1) is 18.1. The molecular weight excluding hydrogens is 321 g/mol. The molecule has 1 aromatic carbocycles. The van der Waals surface area contributed by atoms with Crippen molar-refractivity contribution in [2.24, 2.45) is 0 Å². The van der Waals surface area contributed by atoms with Gasteiger partial charge < -0.3 is 10.2 Å². The second-order valence-corrected chi connectivity index (χ2v) is 5.85. The Morgan fingerprint density at radius 3 is 2.79 bits per heavy atom. The molecule has 2 amide bonds. The lowest BCUT2D eigenvalue weighted by atomic mass is 10.1. The number of nitrogens with one attached hydrogen (secondary N) is 1. The third-order valence-corrected chi connectivity index (χ3v) is 3.93. The Kier molecular flexibility index (Phi) is 5.67. The van der Waals surface area contributed by atoms with Crippen LogP contribution in [-0.2, 0) is 6.54 Å². The molecule has 0 aliphatic carbocycles. The summed E-state index contributed by atoms with van der Waals surface area (Å²) in [6.45, 7) is 1.69. The first-order chi connectivity index (χ1) is 11.3. The Bertz CT molecular complexity index is 626. The van der Waals surface area contributed by atoms with Gasteiger partial charge in [-0.2, -0.15) is 18.4 Å². The van der Waals surface area contributed by atoms with Gasteiger partial charge in [-0.3, -0.25) is 4.90 Å². The molecule has 130 valence electrons. The van der Waals surface area contributed by atoms with Gasteiger partial charge in [0.25, 0.3) is 0 Å². The van der Waals surface area contributed by atoms with Gasteiger partial charge in [-0.25, -0.2) is 4.79 Å². The molecule has 1 saturated heterocycles. The molecule has 0 aromatic heterocycles. The highest BCUT2D eigenvalue weighted by Crippen LogP contribution is 2.20. The van der Waals surface area contributed by atoms with E-state index < -0.39 is 12.7 Å². The largest absolute Gasteiger partial charge is 0.401 e. The molecule has 24 heavy (non-hydrogen) atoms. The van der Waals surface area contributed by atoms with E-state index in [4.69, 9.17) is 5.26 Å². The van der Waals surface area contributed by atoms with Crippen molar-refractivity contribution in [2.45, 2.75) is 25.7 Å². The summed E-state index contributed by atoms with van der Waals surface area (Å²) in [5, 5.41) is 11.6. The summed E-state index contributed by atoms with van der Waals surface area (Å²) in [5.41, 5.74) is 1.31. The van der Waals surface area contributed by atoms with Gasteiger partial charge in [-0.1, -0.05) is 12.1 Å². The molecule has 1 N–H and O–H groups in total. The van der Waals surface area contributed by atoms with Crippen molar-refractivity contribution >= 4 is 6.03 Å². The van der Waals surface area contributed by atoms with E-state index in [-0.39, 0.29) is 38.3 Å². The molecule has 1 aromatic rings. The van der Waals surface area contributed by atoms with Gasteiger partial charge >= 0.3 is 12.2 Å². The number of carbonyl (C=O) groups is 1. The smallest absolute Gasteiger partial charge is 0.334 e. The molecule has 1 atom stereocenters. The first-order valence-electron chi connectivity index (χ1n) is 7.61. The SMILES string of the molecule is C[C@@H]1CN(C(=O)NCc2cccc(C#N)c2)CCN1CC(F)(F)F. The Morgan fingerprint density at radius 1 is 1.42 bits per heavy atom. The molecule has 1 aliphatic rings. The van der Waals surface area contributed by atoms with Gasteiger partial charge in [0, 0.05) is 32.2 Å². The number of carbonyl (C=O) groups excluding carboxylic acids is 1. The van der Waals surface area contributed by atoms with E-state index in [0.29, 0.717) is 5.56 Å². The molecule has 0 bridgehead atoms. The van der Waals surface area contributed by atoms with Crippen molar-refractivity contribution in [2.75, 3.05) is 26.2 Å². The van der Waals surface area contributed by atoms with Crippen molar-refractivity contribution in [1.29, 1.82) is 5.26 Å². The number of nitrogens with zero attached hydrogens (tertiary/aromatic N) is 3. The van der Waals surface area contributed by atoms with Crippen LogP contribution in [0.5, 0.6) is 0 Å². The molecule has 1 heterocycles. The fourth-order valence-electron chi connectivity index (χ4n) is 2.69. The lowest BCUT2D eigenvalue weighted by Gasteiger charge is -2.39. The van der Waals surface area contributed by atoms with Gasteiger partial charge in [-0.05, 0) is 24.6 Å². The number of hydrogen-bond acceptors (Lipinski definition) is 3. The molecule has 2 rings (SSSR count). The van der Waals surface area contributed by atoms with E-state index in [1.807, 2.05) is 6.07 Å². The van der Waals surface area contributed by atoms with Crippen molar-refractivity contribution in [3.63, 3.8) is 0 Å². The minimum Gasteiger partial charge on any atom is -0.334 e. The maximum atomic E-state index is 12.5. The molecular formula is C16H19F3N4O. The van der Waals surface area contributed by atoms with E-state index in [1.165, 1.54) is 9.80 Å². The summed E-state index contributed by atoms with van der Waals surface area (Å²) < 4.78 is 37.4. The van der Waals surface area contributed by atoms with Crippen molar-refractivity contribution in [3.8, 4) is 6.07 Å². The van der Waals surface area contributed by atoms with Crippen LogP contribution in [-0.4, -0.2) is 54.2 Å². The predicted octanol–water partition coefficient (Wildman–Crippen LogP) is 2.34. The zero-order chi connectivity index (χ0) is 17.7. The number of nitriles is 1. The summed E-state index contributed by atoms with van der Waals surface area (Å²) in [5.74, 6) is 0. The number of urea groups is 1. The minimum atomic E-state index is -4.23. The molecule has 1 fully saturated rings.